The summed E-state index contributed by atoms with van der Waals surface area (Å²) >= 11 is 0. The van der Waals surface area contributed by atoms with Gasteiger partial charge >= 0.3 is 5.97 Å². The topological polar surface area (TPSA) is 95.5 Å². The van der Waals surface area contributed by atoms with Gasteiger partial charge in [0.2, 0.25) is 11.8 Å². The highest BCUT2D eigenvalue weighted by molar-refractivity contribution is 5.91. The van der Waals surface area contributed by atoms with Crippen LogP contribution in [0.25, 0.3) is 0 Å². The number of amides is 2. The molecule has 0 fully saturated rings. The molecule has 0 aromatic rings. The summed E-state index contributed by atoms with van der Waals surface area (Å²) in [6.45, 7) is 0.999. The van der Waals surface area contributed by atoms with Crippen molar-refractivity contribution >= 4 is 17.8 Å². The number of hydrogen-bond acceptors (Lipinski definition) is 3. The third-order valence-corrected chi connectivity index (χ3v) is 1.18. The summed E-state index contributed by atoms with van der Waals surface area (Å²) in [5.74, 6) is -2.05. The van der Waals surface area contributed by atoms with Crippen LogP contribution in [0.2, 0.25) is 0 Å². The molecule has 0 rings (SSSR count). The molecule has 0 aliphatic rings. The van der Waals surface area contributed by atoms with Crippen LogP contribution in [0.1, 0.15) is 6.92 Å². The van der Waals surface area contributed by atoms with Gasteiger partial charge in [-0.05, 0) is 13.0 Å². The molecule has 2 amide bonds. The number of rotatable bonds is 5. The van der Waals surface area contributed by atoms with Gasteiger partial charge < -0.3 is 15.7 Å². The number of carbonyl (C=O) groups excluding carboxylic acids is 2. The van der Waals surface area contributed by atoms with E-state index in [0.717, 1.165) is 0 Å². The van der Waals surface area contributed by atoms with Gasteiger partial charge in [-0.25, -0.2) is 0 Å². The largest absolute Gasteiger partial charge is 0.480 e. The number of carboxylic acid groups (broad SMARTS) is 1. The third-order valence-electron chi connectivity index (χ3n) is 1.18. The second-order valence-corrected chi connectivity index (χ2v) is 2.39. The molecular formula is C8H12N2O4. The Morgan fingerprint density at radius 3 is 2.36 bits per heavy atom. The lowest BCUT2D eigenvalue weighted by Crippen LogP contribution is -2.38. The molecule has 0 saturated carbocycles. The Balaban J connectivity index is 3.64. The summed E-state index contributed by atoms with van der Waals surface area (Å²) < 4.78 is 0. The summed E-state index contributed by atoms with van der Waals surface area (Å²) in [5.41, 5.74) is 0. The monoisotopic (exact) mass is 200 g/mol. The van der Waals surface area contributed by atoms with E-state index in [1.807, 2.05) is 0 Å². The lowest BCUT2D eigenvalue weighted by Gasteiger charge is -2.02. The van der Waals surface area contributed by atoms with Crippen molar-refractivity contribution in [2.45, 2.75) is 6.92 Å². The van der Waals surface area contributed by atoms with Crippen LogP contribution in [0.4, 0.5) is 0 Å². The van der Waals surface area contributed by atoms with Crippen molar-refractivity contribution in [1.29, 1.82) is 0 Å². The second-order valence-electron chi connectivity index (χ2n) is 2.39. The predicted octanol–water partition coefficient (Wildman–Crippen LogP) is -1.12. The lowest BCUT2D eigenvalue weighted by atomic mass is 10.4. The average Bonchev–Trinajstić information content (AvgIpc) is 2.12. The van der Waals surface area contributed by atoms with E-state index in [1.165, 1.54) is 12.2 Å². The van der Waals surface area contributed by atoms with E-state index in [1.54, 1.807) is 6.92 Å². The molecular weight excluding hydrogens is 188 g/mol. The summed E-state index contributed by atoms with van der Waals surface area (Å²) in [7, 11) is 0. The predicted molar refractivity (Wildman–Crippen MR) is 48.5 cm³/mol. The molecule has 0 aromatic heterocycles. The summed E-state index contributed by atoms with van der Waals surface area (Å²) in [5, 5.41) is 12.6. The highest BCUT2D eigenvalue weighted by atomic mass is 16.4. The van der Waals surface area contributed by atoms with Crippen LogP contribution in [-0.2, 0) is 14.4 Å². The Morgan fingerprint density at radius 1 is 1.21 bits per heavy atom. The van der Waals surface area contributed by atoms with Gasteiger partial charge in [0.05, 0.1) is 6.54 Å². The van der Waals surface area contributed by atoms with Crippen molar-refractivity contribution in [3.8, 4) is 0 Å². The molecule has 6 nitrogen and oxygen atoms in total. The molecule has 0 aliphatic heterocycles. The van der Waals surface area contributed by atoms with Crippen LogP contribution in [-0.4, -0.2) is 36.0 Å². The zero-order valence-corrected chi connectivity index (χ0v) is 7.74. The minimum absolute atomic E-state index is 0.226. The van der Waals surface area contributed by atoms with E-state index in [0.29, 0.717) is 0 Å². The van der Waals surface area contributed by atoms with E-state index >= 15 is 0 Å². The molecule has 0 unspecified atom stereocenters. The molecule has 0 saturated heterocycles. The summed E-state index contributed by atoms with van der Waals surface area (Å²) in [4.78, 5) is 31.7. The normalized spacial score (nSPS) is 9.79. The maximum atomic E-state index is 10.8. The van der Waals surface area contributed by atoms with Crippen LogP contribution < -0.4 is 10.6 Å². The number of carboxylic acids is 1. The van der Waals surface area contributed by atoms with Gasteiger partial charge in [-0.3, -0.25) is 14.4 Å². The Kier molecular flexibility index (Phi) is 5.77. The number of carbonyl (C=O) groups is 3. The van der Waals surface area contributed by atoms with Gasteiger partial charge in [0.25, 0.3) is 0 Å². The molecule has 14 heavy (non-hydrogen) atoms. The van der Waals surface area contributed by atoms with Gasteiger partial charge in [0, 0.05) is 0 Å². The van der Waals surface area contributed by atoms with Gasteiger partial charge in [0.15, 0.2) is 0 Å². The Labute approximate surface area is 81.0 Å². The maximum absolute atomic E-state index is 10.8. The fraction of sp³-hybridized carbons (Fsp3) is 0.375. The standard InChI is InChI=1S/C8H12N2O4/c1-2-3-6(11)9-4-7(12)10-5-8(13)14/h2-3H,4-5H2,1H3,(H,9,11)(H,10,12)(H,13,14)/b3-2+. The van der Waals surface area contributed by atoms with Crippen LogP contribution in [0.3, 0.4) is 0 Å². The highest BCUT2D eigenvalue weighted by Gasteiger charge is 2.04. The third kappa shape index (κ3) is 6.84. The molecule has 0 aromatic carbocycles. The van der Waals surface area contributed by atoms with E-state index in [2.05, 4.69) is 10.6 Å². The first-order valence-electron chi connectivity index (χ1n) is 3.95. The Hall–Kier alpha value is -1.85. The van der Waals surface area contributed by atoms with Crippen LogP contribution in [0.5, 0.6) is 0 Å². The highest BCUT2D eigenvalue weighted by Crippen LogP contribution is 1.72. The van der Waals surface area contributed by atoms with Gasteiger partial charge in [-0.1, -0.05) is 6.08 Å². The number of hydrogen-bond donors (Lipinski definition) is 3. The minimum Gasteiger partial charge on any atom is -0.480 e. The van der Waals surface area contributed by atoms with Crippen molar-refractivity contribution in [1.82, 2.24) is 10.6 Å². The Morgan fingerprint density at radius 2 is 1.86 bits per heavy atom. The number of aliphatic carboxylic acids is 1. The molecule has 0 atom stereocenters. The quantitative estimate of drug-likeness (QED) is 0.490. The fourth-order valence-corrected chi connectivity index (χ4v) is 0.614. The molecule has 0 bridgehead atoms. The molecule has 0 aliphatic carbocycles. The van der Waals surface area contributed by atoms with E-state index < -0.39 is 24.3 Å². The van der Waals surface area contributed by atoms with Crippen molar-refractivity contribution < 1.29 is 19.5 Å². The van der Waals surface area contributed by atoms with Crippen molar-refractivity contribution in [3.05, 3.63) is 12.2 Å². The minimum atomic E-state index is -1.13. The van der Waals surface area contributed by atoms with Gasteiger partial charge in [0.1, 0.15) is 6.54 Å². The molecule has 0 heterocycles. The molecule has 3 N–H and O–H groups in total. The van der Waals surface area contributed by atoms with E-state index in [9.17, 15) is 14.4 Å². The average molecular weight is 200 g/mol. The SMILES string of the molecule is C/C=C/C(=O)NCC(=O)NCC(=O)O. The zero-order valence-electron chi connectivity index (χ0n) is 7.74. The van der Waals surface area contributed by atoms with Crippen molar-refractivity contribution in [2.24, 2.45) is 0 Å². The molecule has 6 heteroatoms. The van der Waals surface area contributed by atoms with Crippen LogP contribution in [0.15, 0.2) is 12.2 Å². The lowest BCUT2D eigenvalue weighted by molar-refractivity contribution is -0.137. The Bertz CT molecular complexity index is 260. The summed E-state index contributed by atoms with van der Waals surface area (Å²) in [6.07, 6.45) is 2.80. The van der Waals surface area contributed by atoms with Crippen LogP contribution in [0, 0.1) is 0 Å². The van der Waals surface area contributed by atoms with E-state index in [4.69, 9.17) is 5.11 Å². The maximum Gasteiger partial charge on any atom is 0.322 e. The number of allylic oxidation sites excluding steroid dienone is 1. The van der Waals surface area contributed by atoms with Crippen molar-refractivity contribution in [2.75, 3.05) is 13.1 Å². The first kappa shape index (κ1) is 12.2. The molecule has 78 valence electrons. The zero-order chi connectivity index (χ0) is 11.0. The summed E-state index contributed by atoms with van der Waals surface area (Å²) in [6, 6.07) is 0. The molecule has 0 radical (unpaired) electrons. The van der Waals surface area contributed by atoms with E-state index in [-0.39, 0.29) is 6.54 Å². The van der Waals surface area contributed by atoms with Crippen molar-refractivity contribution in [3.63, 3.8) is 0 Å². The van der Waals surface area contributed by atoms with Gasteiger partial charge in [-0.15, -0.1) is 0 Å². The van der Waals surface area contributed by atoms with Crippen LogP contribution >= 0.6 is 0 Å². The number of nitrogens with one attached hydrogen (secondary N) is 2. The fourth-order valence-electron chi connectivity index (χ4n) is 0.614. The van der Waals surface area contributed by atoms with Gasteiger partial charge in [-0.2, -0.15) is 0 Å². The first-order valence-corrected chi connectivity index (χ1v) is 3.95. The smallest absolute Gasteiger partial charge is 0.322 e. The second kappa shape index (κ2) is 6.64. The first-order chi connectivity index (χ1) is 6.56. The molecule has 0 spiro atoms.